The van der Waals surface area contributed by atoms with Gasteiger partial charge < -0.3 is 15.7 Å². The summed E-state index contributed by atoms with van der Waals surface area (Å²) in [6, 6.07) is 3.48. The Morgan fingerprint density at radius 3 is 2.79 bits per heavy atom. The Morgan fingerprint density at radius 1 is 1.64 bits per heavy atom. The van der Waals surface area contributed by atoms with E-state index in [1.165, 1.54) is 0 Å². The van der Waals surface area contributed by atoms with Crippen LogP contribution >= 0.6 is 0 Å². The summed E-state index contributed by atoms with van der Waals surface area (Å²) in [7, 11) is 1.73. The van der Waals surface area contributed by atoms with Crippen molar-refractivity contribution in [3.63, 3.8) is 0 Å². The SMILES string of the molecule is CN(CC(N)=O)c1ccc(CO)cn1. The highest BCUT2D eigenvalue weighted by molar-refractivity contribution is 5.78. The molecule has 0 radical (unpaired) electrons. The lowest BCUT2D eigenvalue weighted by molar-refractivity contribution is -0.116. The van der Waals surface area contributed by atoms with Crippen molar-refractivity contribution >= 4 is 11.7 Å². The van der Waals surface area contributed by atoms with Crippen molar-refractivity contribution in [1.29, 1.82) is 0 Å². The zero-order valence-electron chi connectivity index (χ0n) is 7.97. The minimum Gasteiger partial charge on any atom is -0.392 e. The van der Waals surface area contributed by atoms with Crippen molar-refractivity contribution in [2.24, 2.45) is 5.73 Å². The van der Waals surface area contributed by atoms with Gasteiger partial charge in [-0.2, -0.15) is 0 Å². The van der Waals surface area contributed by atoms with Crippen molar-refractivity contribution in [3.8, 4) is 0 Å². The van der Waals surface area contributed by atoms with E-state index in [9.17, 15) is 4.79 Å². The molecule has 0 saturated heterocycles. The first-order valence-electron chi connectivity index (χ1n) is 4.18. The number of pyridine rings is 1. The van der Waals surface area contributed by atoms with Gasteiger partial charge in [-0.05, 0) is 11.6 Å². The number of aliphatic hydroxyl groups excluding tert-OH is 1. The van der Waals surface area contributed by atoms with Gasteiger partial charge in [0, 0.05) is 13.2 Å². The van der Waals surface area contributed by atoms with Crippen molar-refractivity contribution in [2.75, 3.05) is 18.5 Å². The summed E-state index contributed by atoms with van der Waals surface area (Å²) in [6.45, 7) is 0.0955. The Morgan fingerprint density at radius 2 is 2.36 bits per heavy atom. The fourth-order valence-electron chi connectivity index (χ4n) is 1.05. The second kappa shape index (κ2) is 4.57. The molecule has 1 rings (SSSR count). The predicted octanol–water partition coefficient (Wildman–Crippen LogP) is -0.505. The standard InChI is InChI=1S/C9H13N3O2/c1-12(5-8(10)14)9-3-2-7(6-13)4-11-9/h2-4,13H,5-6H2,1H3,(H2,10,14). The second-order valence-electron chi connectivity index (χ2n) is 3.01. The minimum atomic E-state index is -0.402. The van der Waals surface area contributed by atoms with Gasteiger partial charge >= 0.3 is 0 Å². The molecule has 5 heteroatoms. The molecule has 0 aliphatic carbocycles. The molecule has 1 amide bonds. The van der Waals surface area contributed by atoms with E-state index in [-0.39, 0.29) is 13.2 Å². The smallest absolute Gasteiger partial charge is 0.236 e. The molecule has 1 heterocycles. The van der Waals surface area contributed by atoms with Crippen LogP contribution in [-0.4, -0.2) is 29.6 Å². The number of hydrogen-bond acceptors (Lipinski definition) is 4. The average molecular weight is 195 g/mol. The van der Waals surface area contributed by atoms with Gasteiger partial charge in [-0.15, -0.1) is 0 Å². The maximum absolute atomic E-state index is 10.6. The van der Waals surface area contributed by atoms with Crippen LogP contribution in [0.15, 0.2) is 18.3 Å². The fraction of sp³-hybridized carbons (Fsp3) is 0.333. The van der Waals surface area contributed by atoms with Crippen LogP contribution < -0.4 is 10.6 Å². The number of nitrogens with zero attached hydrogens (tertiary/aromatic N) is 2. The summed E-state index contributed by atoms with van der Waals surface area (Å²) >= 11 is 0. The van der Waals surface area contributed by atoms with Crippen LogP contribution in [0.3, 0.4) is 0 Å². The minimum absolute atomic E-state index is 0.0349. The molecule has 1 aromatic heterocycles. The maximum atomic E-state index is 10.6. The highest BCUT2D eigenvalue weighted by atomic mass is 16.3. The third-order valence-electron chi connectivity index (χ3n) is 1.78. The molecule has 76 valence electrons. The average Bonchev–Trinajstić information content (AvgIpc) is 2.17. The van der Waals surface area contributed by atoms with E-state index >= 15 is 0 Å². The molecule has 3 N–H and O–H groups in total. The normalized spacial score (nSPS) is 9.86. The van der Waals surface area contributed by atoms with Gasteiger partial charge in [-0.25, -0.2) is 4.98 Å². The molecule has 0 aliphatic rings. The third-order valence-corrected chi connectivity index (χ3v) is 1.78. The van der Waals surface area contributed by atoms with Crippen LogP contribution in [0.25, 0.3) is 0 Å². The number of nitrogens with two attached hydrogens (primary N) is 1. The van der Waals surface area contributed by atoms with Crippen molar-refractivity contribution in [3.05, 3.63) is 23.9 Å². The van der Waals surface area contributed by atoms with Gasteiger partial charge in [0.15, 0.2) is 0 Å². The summed E-state index contributed by atoms with van der Waals surface area (Å²) in [5, 5.41) is 8.78. The fourth-order valence-corrected chi connectivity index (χ4v) is 1.05. The Kier molecular flexibility index (Phi) is 3.41. The van der Waals surface area contributed by atoms with Gasteiger partial charge in [-0.1, -0.05) is 6.07 Å². The largest absolute Gasteiger partial charge is 0.392 e. The van der Waals surface area contributed by atoms with Crippen LogP contribution in [-0.2, 0) is 11.4 Å². The van der Waals surface area contributed by atoms with E-state index in [4.69, 9.17) is 10.8 Å². The summed E-state index contributed by atoms with van der Waals surface area (Å²) in [4.78, 5) is 16.3. The van der Waals surface area contributed by atoms with Crippen LogP contribution in [0.5, 0.6) is 0 Å². The van der Waals surface area contributed by atoms with Gasteiger partial charge in [0.05, 0.1) is 13.2 Å². The van der Waals surface area contributed by atoms with E-state index in [0.29, 0.717) is 5.82 Å². The Balaban J connectivity index is 2.71. The number of carbonyl (C=O) groups is 1. The molecule has 0 fully saturated rings. The van der Waals surface area contributed by atoms with Crippen molar-refractivity contribution in [2.45, 2.75) is 6.61 Å². The summed E-state index contributed by atoms with van der Waals surface area (Å²) in [5.74, 6) is 0.251. The number of likely N-dealkylation sites (N-methyl/N-ethyl adjacent to an activating group) is 1. The molecule has 14 heavy (non-hydrogen) atoms. The van der Waals surface area contributed by atoms with E-state index in [2.05, 4.69) is 4.98 Å². The van der Waals surface area contributed by atoms with Crippen LogP contribution in [0, 0.1) is 0 Å². The summed E-state index contributed by atoms with van der Waals surface area (Å²) in [6.07, 6.45) is 1.56. The summed E-state index contributed by atoms with van der Waals surface area (Å²) < 4.78 is 0. The molecule has 0 unspecified atom stereocenters. The van der Waals surface area contributed by atoms with Gasteiger partial charge in [0.2, 0.25) is 5.91 Å². The molecular formula is C9H13N3O2. The first kappa shape index (κ1) is 10.5. The highest BCUT2D eigenvalue weighted by Gasteiger charge is 2.04. The quantitative estimate of drug-likeness (QED) is 0.678. The maximum Gasteiger partial charge on any atom is 0.236 e. The van der Waals surface area contributed by atoms with E-state index in [1.54, 1.807) is 30.3 Å². The number of amides is 1. The number of hydrogen-bond donors (Lipinski definition) is 2. The molecule has 0 aromatic carbocycles. The lowest BCUT2D eigenvalue weighted by Crippen LogP contribution is -2.30. The number of aromatic nitrogens is 1. The van der Waals surface area contributed by atoms with E-state index in [1.807, 2.05) is 0 Å². The lowest BCUT2D eigenvalue weighted by atomic mass is 10.3. The topological polar surface area (TPSA) is 79.5 Å². The van der Waals surface area contributed by atoms with Gasteiger partial charge in [0.25, 0.3) is 0 Å². The number of rotatable bonds is 4. The van der Waals surface area contributed by atoms with Crippen molar-refractivity contribution in [1.82, 2.24) is 4.98 Å². The first-order valence-corrected chi connectivity index (χ1v) is 4.18. The van der Waals surface area contributed by atoms with Crippen LogP contribution in [0.2, 0.25) is 0 Å². The van der Waals surface area contributed by atoms with Crippen LogP contribution in [0.1, 0.15) is 5.56 Å². The number of carbonyl (C=O) groups excluding carboxylic acids is 1. The molecule has 0 atom stereocenters. The first-order chi connectivity index (χ1) is 6.63. The van der Waals surface area contributed by atoms with Crippen molar-refractivity contribution < 1.29 is 9.90 Å². The van der Waals surface area contributed by atoms with Gasteiger partial charge in [-0.3, -0.25) is 4.79 Å². The second-order valence-corrected chi connectivity index (χ2v) is 3.01. The lowest BCUT2D eigenvalue weighted by Gasteiger charge is -2.15. The monoisotopic (exact) mass is 195 g/mol. The summed E-state index contributed by atoms with van der Waals surface area (Å²) in [5.41, 5.74) is 5.78. The molecule has 1 aromatic rings. The number of primary amides is 1. The molecule has 0 spiro atoms. The van der Waals surface area contributed by atoms with E-state index < -0.39 is 5.91 Å². The van der Waals surface area contributed by atoms with E-state index in [0.717, 1.165) is 5.56 Å². The van der Waals surface area contributed by atoms with Crippen LogP contribution in [0.4, 0.5) is 5.82 Å². The molecular weight excluding hydrogens is 182 g/mol. The highest BCUT2D eigenvalue weighted by Crippen LogP contribution is 2.08. The third kappa shape index (κ3) is 2.70. The number of anilines is 1. The Hall–Kier alpha value is -1.62. The Labute approximate surface area is 82.2 Å². The predicted molar refractivity (Wildman–Crippen MR) is 52.6 cm³/mol. The molecule has 0 aliphatic heterocycles. The Bertz CT molecular complexity index is 310. The molecule has 0 saturated carbocycles. The zero-order valence-corrected chi connectivity index (χ0v) is 7.97. The molecule has 0 bridgehead atoms. The molecule has 5 nitrogen and oxygen atoms in total. The van der Waals surface area contributed by atoms with Gasteiger partial charge in [0.1, 0.15) is 5.82 Å². The number of aliphatic hydroxyl groups is 1. The zero-order chi connectivity index (χ0) is 10.6.